The largest absolute Gasteiger partial charge is 0.311 e. The fraction of sp³-hybridized carbons (Fsp3) is 0.429. The summed E-state index contributed by atoms with van der Waals surface area (Å²) >= 11 is 0. The van der Waals surface area contributed by atoms with Gasteiger partial charge in [0.25, 0.3) is 0 Å². The number of halogens is 1. The summed E-state index contributed by atoms with van der Waals surface area (Å²) in [5, 5.41) is 9.22. The third-order valence-electron chi connectivity index (χ3n) is 3.35. The van der Waals surface area contributed by atoms with Crippen LogP contribution in [0.5, 0.6) is 0 Å². The molecule has 0 unspecified atom stereocenters. The molecule has 1 amide bonds. The molecular weight excluding hydrogens is 231 g/mol. The number of anilines is 1. The van der Waals surface area contributed by atoms with Crippen molar-refractivity contribution in [2.75, 3.05) is 11.9 Å². The molecule has 0 aliphatic rings. The molecule has 1 aromatic carbocycles. The highest BCUT2D eigenvalue weighted by atomic mass is 19.1. The van der Waals surface area contributed by atoms with E-state index < -0.39 is 11.2 Å². The van der Waals surface area contributed by atoms with Crippen molar-refractivity contribution in [2.45, 2.75) is 26.7 Å². The SMILES string of the molecule is CCC(C#N)(CC)C(=O)N(C)c1ccccc1F. The lowest BCUT2D eigenvalue weighted by Crippen LogP contribution is -2.41. The average molecular weight is 248 g/mol. The third-order valence-corrected chi connectivity index (χ3v) is 3.35. The van der Waals surface area contributed by atoms with Crippen LogP contribution < -0.4 is 4.90 Å². The van der Waals surface area contributed by atoms with Gasteiger partial charge in [-0.2, -0.15) is 5.26 Å². The zero-order valence-corrected chi connectivity index (χ0v) is 10.9. The fourth-order valence-corrected chi connectivity index (χ4v) is 1.91. The molecule has 0 N–H and O–H groups in total. The molecule has 0 bridgehead atoms. The van der Waals surface area contributed by atoms with Gasteiger partial charge in [-0.3, -0.25) is 4.79 Å². The summed E-state index contributed by atoms with van der Waals surface area (Å²) in [4.78, 5) is 13.6. The van der Waals surface area contributed by atoms with Gasteiger partial charge in [-0.1, -0.05) is 26.0 Å². The van der Waals surface area contributed by atoms with E-state index >= 15 is 0 Å². The van der Waals surface area contributed by atoms with Crippen LogP contribution >= 0.6 is 0 Å². The predicted octanol–water partition coefficient (Wildman–Crippen LogP) is 3.12. The Labute approximate surface area is 107 Å². The minimum atomic E-state index is -1.07. The summed E-state index contributed by atoms with van der Waals surface area (Å²) in [6.45, 7) is 3.58. The molecule has 0 fully saturated rings. The van der Waals surface area contributed by atoms with E-state index in [4.69, 9.17) is 0 Å². The Morgan fingerprint density at radius 1 is 1.39 bits per heavy atom. The maximum absolute atomic E-state index is 13.6. The van der Waals surface area contributed by atoms with Crippen molar-refractivity contribution in [1.82, 2.24) is 0 Å². The van der Waals surface area contributed by atoms with Gasteiger partial charge in [-0.25, -0.2) is 4.39 Å². The zero-order valence-electron chi connectivity index (χ0n) is 10.9. The van der Waals surface area contributed by atoms with Gasteiger partial charge in [0.1, 0.15) is 11.2 Å². The van der Waals surface area contributed by atoms with Crippen molar-refractivity contribution < 1.29 is 9.18 Å². The van der Waals surface area contributed by atoms with E-state index in [0.29, 0.717) is 12.8 Å². The number of nitrogens with zero attached hydrogens (tertiary/aromatic N) is 2. The summed E-state index contributed by atoms with van der Waals surface area (Å²) in [5.41, 5.74) is -0.874. The van der Waals surface area contributed by atoms with E-state index in [9.17, 15) is 14.4 Å². The minimum absolute atomic E-state index is 0.198. The monoisotopic (exact) mass is 248 g/mol. The van der Waals surface area contributed by atoms with Crippen LogP contribution in [0.4, 0.5) is 10.1 Å². The first-order valence-corrected chi connectivity index (χ1v) is 5.96. The molecule has 1 aromatic rings. The van der Waals surface area contributed by atoms with Gasteiger partial charge in [-0.15, -0.1) is 0 Å². The van der Waals surface area contributed by atoms with Crippen molar-refractivity contribution in [3.63, 3.8) is 0 Å². The topological polar surface area (TPSA) is 44.1 Å². The highest BCUT2D eigenvalue weighted by Gasteiger charge is 2.38. The zero-order chi connectivity index (χ0) is 13.8. The predicted molar refractivity (Wildman–Crippen MR) is 68.4 cm³/mol. The van der Waals surface area contributed by atoms with Crippen LogP contribution in [-0.4, -0.2) is 13.0 Å². The van der Waals surface area contributed by atoms with E-state index in [-0.39, 0.29) is 11.6 Å². The van der Waals surface area contributed by atoms with Crippen molar-refractivity contribution in [3.8, 4) is 6.07 Å². The Kier molecular flexibility index (Phi) is 4.43. The first kappa shape index (κ1) is 14.2. The molecule has 1 rings (SSSR count). The molecule has 0 saturated heterocycles. The van der Waals surface area contributed by atoms with Crippen LogP contribution in [-0.2, 0) is 4.79 Å². The molecule has 0 heterocycles. The van der Waals surface area contributed by atoms with E-state index in [2.05, 4.69) is 6.07 Å². The quantitative estimate of drug-likeness (QED) is 0.821. The first-order chi connectivity index (χ1) is 8.52. The number of carbonyl (C=O) groups is 1. The van der Waals surface area contributed by atoms with E-state index in [1.807, 2.05) is 0 Å². The van der Waals surface area contributed by atoms with Gasteiger partial charge < -0.3 is 4.90 Å². The summed E-state index contributed by atoms with van der Waals surface area (Å²) in [7, 11) is 1.50. The van der Waals surface area contributed by atoms with E-state index in [1.165, 1.54) is 24.1 Å². The third kappa shape index (κ3) is 2.35. The molecule has 0 saturated carbocycles. The Morgan fingerprint density at radius 3 is 2.39 bits per heavy atom. The number of para-hydroxylation sites is 1. The molecular formula is C14H17FN2O. The first-order valence-electron chi connectivity index (χ1n) is 5.96. The fourth-order valence-electron chi connectivity index (χ4n) is 1.91. The number of hydrogen-bond donors (Lipinski definition) is 0. The number of rotatable bonds is 4. The van der Waals surface area contributed by atoms with Gasteiger partial charge in [-0.05, 0) is 25.0 Å². The Hall–Kier alpha value is -1.89. The summed E-state index contributed by atoms with van der Waals surface area (Å²) in [6, 6.07) is 8.12. The molecule has 3 nitrogen and oxygen atoms in total. The molecule has 0 aliphatic heterocycles. The second-order valence-corrected chi connectivity index (χ2v) is 4.22. The molecule has 0 aromatic heterocycles. The number of hydrogen-bond acceptors (Lipinski definition) is 2. The van der Waals surface area contributed by atoms with Gasteiger partial charge >= 0.3 is 0 Å². The minimum Gasteiger partial charge on any atom is -0.311 e. The highest BCUT2D eigenvalue weighted by molar-refractivity contribution is 5.98. The molecule has 4 heteroatoms. The molecule has 0 atom stereocenters. The van der Waals surface area contributed by atoms with Crippen molar-refractivity contribution in [3.05, 3.63) is 30.1 Å². The molecule has 0 spiro atoms. The van der Waals surface area contributed by atoms with Crippen molar-refractivity contribution in [2.24, 2.45) is 5.41 Å². The van der Waals surface area contributed by atoms with Crippen molar-refractivity contribution in [1.29, 1.82) is 5.26 Å². The molecule has 0 aliphatic carbocycles. The van der Waals surface area contributed by atoms with Crippen LogP contribution in [0.3, 0.4) is 0 Å². The average Bonchev–Trinajstić information content (AvgIpc) is 2.41. The smallest absolute Gasteiger partial charge is 0.247 e. The van der Waals surface area contributed by atoms with Gasteiger partial charge in [0.05, 0.1) is 11.8 Å². The molecule has 0 radical (unpaired) electrons. The number of benzene rings is 1. The molecule has 96 valence electrons. The lowest BCUT2D eigenvalue weighted by Gasteiger charge is -2.28. The van der Waals surface area contributed by atoms with E-state index in [1.54, 1.807) is 26.0 Å². The summed E-state index contributed by atoms with van der Waals surface area (Å²) in [5.74, 6) is -0.826. The van der Waals surface area contributed by atoms with Gasteiger partial charge in [0, 0.05) is 7.05 Å². The summed E-state index contributed by atoms with van der Waals surface area (Å²) in [6.07, 6.45) is 0.829. The van der Waals surface area contributed by atoms with Crippen LogP contribution in [0.15, 0.2) is 24.3 Å². The number of amides is 1. The van der Waals surface area contributed by atoms with Crippen LogP contribution in [0.1, 0.15) is 26.7 Å². The standard InChI is InChI=1S/C14H17FN2O/c1-4-14(5-2,10-16)13(18)17(3)12-9-7-6-8-11(12)15/h6-9H,4-5H2,1-3H3. The van der Waals surface area contributed by atoms with Crippen LogP contribution in [0, 0.1) is 22.6 Å². The lowest BCUT2D eigenvalue weighted by molar-refractivity contribution is -0.125. The van der Waals surface area contributed by atoms with E-state index in [0.717, 1.165) is 0 Å². The Morgan fingerprint density at radius 2 is 1.94 bits per heavy atom. The van der Waals surface area contributed by atoms with Crippen LogP contribution in [0.2, 0.25) is 0 Å². The highest BCUT2D eigenvalue weighted by Crippen LogP contribution is 2.30. The summed E-state index contributed by atoms with van der Waals surface area (Å²) < 4.78 is 13.6. The lowest BCUT2D eigenvalue weighted by atomic mass is 9.82. The van der Waals surface area contributed by atoms with Crippen molar-refractivity contribution >= 4 is 11.6 Å². The van der Waals surface area contributed by atoms with Gasteiger partial charge in [0.2, 0.25) is 5.91 Å². The Balaban J connectivity index is 3.12. The second kappa shape index (κ2) is 5.63. The second-order valence-electron chi connectivity index (χ2n) is 4.22. The Bertz CT molecular complexity index is 475. The molecule has 18 heavy (non-hydrogen) atoms. The maximum atomic E-state index is 13.6. The van der Waals surface area contributed by atoms with Crippen LogP contribution in [0.25, 0.3) is 0 Å². The number of nitriles is 1. The number of carbonyl (C=O) groups excluding carboxylic acids is 1. The van der Waals surface area contributed by atoms with Gasteiger partial charge in [0.15, 0.2) is 0 Å². The normalized spacial score (nSPS) is 10.8. The maximum Gasteiger partial charge on any atom is 0.247 e.